The molecule has 0 saturated carbocycles. The molecule has 9 heteroatoms. The van der Waals surface area contributed by atoms with E-state index in [1.807, 2.05) is 0 Å². The fraction of sp³-hybridized carbons (Fsp3) is 0. The van der Waals surface area contributed by atoms with E-state index in [1.54, 1.807) is 0 Å². The molecule has 0 saturated heterocycles. The predicted molar refractivity (Wildman–Crippen MR) is 19.9 cm³/mol. The van der Waals surface area contributed by atoms with E-state index in [4.69, 9.17) is 17.5 Å². The quantitative estimate of drug-likeness (QED) is 0.306. The van der Waals surface area contributed by atoms with Crippen LogP contribution in [0.25, 0.3) is 0 Å². The van der Waals surface area contributed by atoms with Crippen LogP contribution in [0.1, 0.15) is 0 Å². The third-order valence-corrected chi connectivity index (χ3v) is 0. The van der Waals surface area contributed by atoms with E-state index in [-0.39, 0.29) is 63.4 Å². The molecule has 0 spiro atoms. The van der Waals surface area contributed by atoms with Crippen molar-refractivity contribution in [2.45, 2.75) is 0 Å². The van der Waals surface area contributed by atoms with Gasteiger partial charge in [0.2, 0.25) is 0 Å². The summed E-state index contributed by atoms with van der Waals surface area (Å²) in [6, 6.07) is 0. The van der Waals surface area contributed by atoms with Crippen molar-refractivity contribution in [3.05, 3.63) is 0 Å². The van der Waals surface area contributed by atoms with E-state index in [0.29, 0.717) is 0 Å². The van der Waals surface area contributed by atoms with Crippen LogP contribution in [0.5, 0.6) is 0 Å². The number of halogens is 3. The predicted octanol–water partition coefficient (Wildman–Crippen LogP) is -10.0. The molecule has 9 heavy (non-hydrogen) atoms. The van der Waals surface area contributed by atoms with Gasteiger partial charge >= 0.3 is 36.6 Å². The zero-order valence-electron chi connectivity index (χ0n) is 3.70. The molecule has 0 unspecified atom stereocenters. The first-order chi connectivity index (χ1) is 2.00. The summed E-state index contributed by atoms with van der Waals surface area (Å²) in [5.41, 5.74) is 0. The van der Waals surface area contributed by atoms with Crippen LogP contribution in [0.4, 0.5) is 0 Å². The largest absolute Gasteiger partial charge is 3.00 e. The number of hydrogen-bond acceptors (Lipinski definition) is 2. The summed E-state index contributed by atoms with van der Waals surface area (Å²) in [5, 5.41) is 0. The van der Waals surface area contributed by atoms with E-state index < -0.39 is 10.4 Å². The maximum absolute atomic E-state index is 8.74. The summed E-state index contributed by atoms with van der Waals surface area (Å²) >= 11 is 0. The van der Waals surface area contributed by atoms with Gasteiger partial charge in [0.1, 0.15) is 0 Å². The molecule has 0 bridgehead atoms. The van der Waals surface area contributed by atoms with E-state index in [9.17, 15) is 0 Å². The molecule has 0 amide bonds. The van der Waals surface area contributed by atoms with Gasteiger partial charge in [-0.15, -0.1) is 0 Å². The van der Waals surface area contributed by atoms with Crippen molar-refractivity contribution in [3.63, 3.8) is 0 Å². The normalized spacial score (nSPS) is 6.44. The topological polar surface area (TPSA) is 74.6 Å². The van der Waals surface area contributed by atoms with Crippen LogP contribution in [-0.2, 0) is 10.4 Å². The van der Waals surface area contributed by atoms with Crippen LogP contribution >= 0.6 is 0 Å². The van der Waals surface area contributed by atoms with Crippen molar-refractivity contribution in [1.82, 2.24) is 0 Å². The number of rotatable bonds is 0. The van der Waals surface area contributed by atoms with Gasteiger partial charge in [0.05, 0.1) is 0 Å². The Hall–Kier alpha value is 1.62. The first kappa shape index (κ1) is 31.1. The average Bonchev–Trinajstić information content (AvgIpc) is 0.722. The van der Waals surface area contributed by atoms with Crippen LogP contribution in [0.3, 0.4) is 0 Å². The molecule has 0 aliphatic heterocycles. The molecule has 0 atom stereocenters. The third kappa shape index (κ3) is 212. The van der Waals surface area contributed by atoms with Crippen LogP contribution in [0, 0.1) is 0 Å². The van der Waals surface area contributed by atoms with Crippen LogP contribution in [0.2, 0.25) is 0 Å². The fourth-order valence-electron chi connectivity index (χ4n) is 0. The van der Waals surface area contributed by atoms with Crippen molar-refractivity contribution in [2.75, 3.05) is 0 Å². The summed E-state index contributed by atoms with van der Waals surface area (Å²) in [4.78, 5) is 0. The van der Waals surface area contributed by atoms with E-state index in [0.717, 1.165) is 0 Å². The molecular weight excluding hydrogens is 411 g/mol. The molecule has 58 valence electrons. The van der Waals surface area contributed by atoms with Crippen molar-refractivity contribution >= 4 is 36.6 Å². The van der Waals surface area contributed by atoms with E-state index >= 15 is 0 Å². The summed E-state index contributed by atoms with van der Waals surface area (Å²) in [7, 11) is -4.67. The van der Waals surface area contributed by atoms with Crippen molar-refractivity contribution < 1.29 is 54.7 Å². The smallest absolute Gasteiger partial charge is 1.00 e. The second-order valence-electron chi connectivity index (χ2n) is 0.448. The molecule has 0 aromatic carbocycles. The molecule has 2 N–H and O–H groups in total. The molecule has 0 aromatic rings. The minimum atomic E-state index is -4.67. The van der Waals surface area contributed by atoms with Gasteiger partial charge in [0.15, 0.2) is 0 Å². The summed E-state index contributed by atoms with van der Waals surface area (Å²) in [5.74, 6) is 0. The Morgan fingerprint density at radius 1 is 0.889 bits per heavy atom. The van der Waals surface area contributed by atoms with E-state index in [1.165, 1.54) is 0 Å². The van der Waals surface area contributed by atoms with Gasteiger partial charge in [-0.2, -0.15) is 8.42 Å². The summed E-state index contributed by atoms with van der Waals surface area (Å²) < 4.78 is 31.6. The Balaban J connectivity index is -0.0000000133. The molecule has 2 radical (unpaired) electrons. The first-order valence-electron chi connectivity index (χ1n) is 0.698. The molecule has 4 nitrogen and oxygen atoms in total. The van der Waals surface area contributed by atoms with Gasteiger partial charge in [-0.05, 0) is 0 Å². The van der Waals surface area contributed by atoms with Gasteiger partial charge in [-0.3, -0.25) is 9.11 Å². The summed E-state index contributed by atoms with van der Waals surface area (Å²) in [6.07, 6.45) is 0. The van der Waals surface area contributed by atoms with Crippen molar-refractivity contribution in [2.24, 2.45) is 0 Å². The van der Waals surface area contributed by atoms with Gasteiger partial charge in [0, 0.05) is 0 Å². The SMILES string of the molecule is O=S(=O)(O)O.[Bi+3].[Cl-].[Cl-].[Cl-]. The van der Waals surface area contributed by atoms with Crippen LogP contribution in [-0.4, -0.2) is 43.7 Å². The summed E-state index contributed by atoms with van der Waals surface area (Å²) in [6.45, 7) is 0. The standard InChI is InChI=1S/Bi.3ClH.H2O4S/c;;;;1-5(2,3)4/h;3*1H;(H2,1,2,3,4)/q+3;;;;/p-3. The van der Waals surface area contributed by atoms with Gasteiger partial charge in [0.25, 0.3) is 0 Å². The minimum absolute atomic E-state index is 0. The third-order valence-electron chi connectivity index (χ3n) is 0. The second kappa shape index (κ2) is 12.3. The molecular formula is H2BiCl3O4S. The maximum atomic E-state index is 8.74. The second-order valence-corrected chi connectivity index (χ2v) is 1.34. The number of hydrogen-bond donors (Lipinski definition) is 2. The van der Waals surface area contributed by atoms with Crippen LogP contribution in [0.15, 0.2) is 0 Å². The van der Waals surface area contributed by atoms with Gasteiger partial charge in [-0.1, -0.05) is 0 Å². The molecule has 0 heterocycles. The molecule has 0 aromatic heterocycles. The Morgan fingerprint density at radius 3 is 0.889 bits per heavy atom. The van der Waals surface area contributed by atoms with Gasteiger partial charge in [-0.25, -0.2) is 0 Å². The fourth-order valence-corrected chi connectivity index (χ4v) is 0. The molecule has 0 rings (SSSR count). The zero-order chi connectivity index (χ0) is 4.50. The first-order valence-corrected chi connectivity index (χ1v) is 2.10. The Bertz CT molecular complexity index is 99.0. The minimum Gasteiger partial charge on any atom is -1.00 e. The van der Waals surface area contributed by atoms with Crippen LogP contribution < -0.4 is 37.2 Å². The molecule has 0 aliphatic carbocycles. The maximum Gasteiger partial charge on any atom is 3.00 e. The average molecular weight is 413 g/mol. The Labute approximate surface area is 90.7 Å². The monoisotopic (exact) mass is 412 g/mol. The zero-order valence-corrected chi connectivity index (χ0v) is 10.3. The van der Waals surface area contributed by atoms with Gasteiger partial charge < -0.3 is 37.2 Å². The van der Waals surface area contributed by atoms with Crippen molar-refractivity contribution in [1.29, 1.82) is 0 Å². The Morgan fingerprint density at radius 2 is 0.889 bits per heavy atom. The van der Waals surface area contributed by atoms with Crippen molar-refractivity contribution in [3.8, 4) is 0 Å². The molecule has 0 fully saturated rings. The Kier molecular flexibility index (Phi) is 42.6. The molecule has 0 aliphatic rings. The van der Waals surface area contributed by atoms with E-state index in [2.05, 4.69) is 0 Å².